The van der Waals surface area contributed by atoms with Gasteiger partial charge in [-0.15, -0.1) is 0 Å². The van der Waals surface area contributed by atoms with E-state index in [-0.39, 0.29) is 0 Å². The van der Waals surface area contributed by atoms with E-state index < -0.39 is 0 Å². The van der Waals surface area contributed by atoms with Crippen LogP contribution in [0.3, 0.4) is 0 Å². The maximum Gasteiger partial charge on any atom is 0.0243 e. The first-order chi connectivity index (χ1) is 7.93. The molecule has 0 saturated heterocycles. The van der Waals surface area contributed by atoms with E-state index in [1.54, 1.807) is 0 Å². The maximum absolute atomic E-state index is 3.71. The average Bonchev–Trinajstić information content (AvgIpc) is 2.16. The van der Waals surface area contributed by atoms with E-state index >= 15 is 0 Å². The molecule has 1 N–H and O–H groups in total. The first-order valence-corrected chi connectivity index (χ1v) is 7.35. The van der Waals surface area contributed by atoms with Crippen molar-refractivity contribution >= 4 is 0 Å². The molecule has 1 fully saturated rings. The highest BCUT2D eigenvalue weighted by Gasteiger charge is 2.26. The molecule has 0 bridgehead atoms. The van der Waals surface area contributed by atoms with Crippen LogP contribution in [0.1, 0.15) is 53.4 Å². The van der Waals surface area contributed by atoms with Crippen molar-refractivity contribution in [1.82, 2.24) is 10.2 Å². The van der Waals surface area contributed by atoms with Crippen LogP contribution in [0.4, 0.5) is 0 Å². The first kappa shape index (κ1) is 15.0. The second-order valence-electron chi connectivity index (χ2n) is 6.89. The zero-order chi connectivity index (χ0) is 12.9. The summed E-state index contributed by atoms with van der Waals surface area (Å²) in [6.45, 7) is 12.9. The van der Waals surface area contributed by atoms with E-state index in [2.05, 4.69) is 45.0 Å². The Labute approximate surface area is 108 Å². The summed E-state index contributed by atoms with van der Waals surface area (Å²) in [5.41, 5.74) is 0.350. The Morgan fingerprint density at radius 1 is 1.29 bits per heavy atom. The van der Waals surface area contributed by atoms with Crippen molar-refractivity contribution in [2.45, 2.75) is 59.4 Å². The minimum absolute atomic E-state index is 0.350. The molecule has 0 aromatic heterocycles. The summed E-state index contributed by atoms with van der Waals surface area (Å²) in [7, 11) is 2.28. The third-order valence-corrected chi connectivity index (χ3v) is 3.97. The normalized spacial score (nSPS) is 19.4. The quantitative estimate of drug-likeness (QED) is 0.735. The van der Waals surface area contributed by atoms with Crippen molar-refractivity contribution in [3.05, 3.63) is 0 Å². The van der Waals surface area contributed by atoms with Crippen LogP contribution in [0.2, 0.25) is 0 Å². The topological polar surface area (TPSA) is 15.3 Å². The number of nitrogens with one attached hydrogen (secondary N) is 1. The van der Waals surface area contributed by atoms with Gasteiger partial charge in [0.05, 0.1) is 0 Å². The summed E-state index contributed by atoms with van der Waals surface area (Å²) >= 11 is 0. The monoisotopic (exact) mass is 240 g/mol. The second-order valence-corrected chi connectivity index (χ2v) is 6.89. The van der Waals surface area contributed by atoms with E-state index in [9.17, 15) is 0 Å². The smallest absolute Gasteiger partial charge is 0.0243 e. The van der Waals surface area contributed by atoms with Gasteiger partial charge in [0.2, 0.25) is 0 Å². The van der Waals surface area contributed by atoms with Gasteiger partial charge < -0.3 is 10.2 Å². The van der Waals surface area contributed by atoms with Crippen LogP contribution in [0.5, 0.6) is 0 Å². The van der Waals surface area contributed by atoms with Crippen molar-refractivity contribution in [1.29, 1.82) is 0 Å². The van der Waals surface area contributed by atoms with Gasteiger partial charge in [-0.2, -0.15) is 0 Å². The van der Waals surface area contributed by atoms with Gasteiger partial charge in [0, 0.05) is 19.1 Å². The molecule has 0 heterocycles. The largest absolute Gasteiger partial charge is 0.312 e. The predicted molar refractivity (Wildman–Crippen MR) is 76.4 cm³/mol. The molecule has 2 nitrogen and oxygen atoms in total. The zero-order valence-corrected chi connectivity index (χ0v) is 12.6. The van der Waals surface area contributed by atoms with Crippen LogP contribution in [0.25, 0.3) is 0 Å². The second kappa shape index (κ2) is 6.75. The number of hydrogen-bond acceptors (Lipinski definition) is 2. The molecule has 17 heavy (non-hydrogen) atoms. The Morgan fingerprint density at radius 2 is 1.94 bits per heavy atom. The fraction of sp³-hybridized carbons (Fsp3) is 1.00. The van der Waals surface area contributed by atoms with Crippen molar-refractivity contribution < 1.29 is 0 Å². The minimum Gasteiger partial charge on any atom is -0.312 e. The summed E-state index contributed by atoms with van der Waals surface area (Å²) in [6.07, 6.45) is 5.58. The molecular formula is C15H32N2. The molecule has 0 aromatic rings. The molecule has 2 heteroatoms. The Morgan fingerprint density at radius 3 is 2.35 bits per heavy atom. The van der Waals surface area contributed by atoms with E-state index in [0.29, 0.717) is 11.5 Å². The summed E-state index contributed by atoms with van der Waals surface area (Å²) in [6, 6.07) is 0.604. The average molecular weight is 240 g/mol. The van der Waals surface area contributed by atoms with Gasteiger partial charge >= 0.3 is 0 Å². The van der Waals surface area contributed by atoms with Gasteiger partial charge in [-0.05, 0) is 44.2 Å². The molecule has 0 aromatic carbocycles. The van der Waals surface area contributed by atoms with Crippen molar-refractivity contribution in [2.75, 3.05) is 26.7 Å². The van der Waals surface area contributed by atoms with E-state index in [4.69, 9.17) is 0 Å². The molecular weight excluding hydrogens is 208 g/mol. The molecule has 0 radical (unpaired) electrons. The van der Waals surface area contributed by atoms with E-state index in [1.807, 2.05) is 0 Å². The van der Waals surface area contributed by atoms with Crippen molar-refractivity contribution in [3.63, 3.8) is 0 Å². The Bertz CT molecular complexity index is 203. The van der Waals surface area contributed by atoms with Crippen LogP contribution in [0, 0.1) is 11.3 Å². The zero-order valence-electron chi connectivity index (χ0n) is 12.6. The molecule has 1 rings (SSSR count). The highest BCUT2D eigenvalue weighted by Crippen LogP contribution is 2.27. The van der Waals surface area contributed by atoms with E-state index in [0.717, 1.165) is 12.5 Å². The third kappa shape index (κ3) is 5.39. The summed E-state index contributed by atoms with van der Waals surface area (Å²) in [4.78, 5) is 2.53. The van der Waals surface area contributed by atoms with Gasteiger partial charge in [0.25, 0.3) is 0 Å². The van der Waals surface area contributed by atoms with Crippen molar-refractivity contribution in [3.8, 4) is 0 Å². The van der Waals surface area contributed by atoms with Crippen LogP contribution < -0.4 is 5.32 Å². The Hall–Kier alpha value is -0.0800. The van der Waals surface area contributed by atoms with Crippen LogP contribution in [0.15, 0.2) is 0 Å². The Balaban J connectivity index is 2.35. The Kier molecular flexibility index (Phi) is 5.94. The first-order valence-electron chi connectivity index (χ1n) is 7.35. The molecule has 1 atom stereocenters. The molecule has 1 unspecified atom stereocenters. The summed E-state index contributed by atoms with van der Waals surface area (Å²) < 4.78 is 0. The molecule has 0 aliphatic heterocycles. The molecule has 1 aliphatic carbocycles. The van der Waals surface area contributed by atoms with Crippen LogP contribution >= 0.6 is 0 Å². The van der Waals surface area contributed by atoms with Gasteiger partial charge in [-0.1, -0.05) is 34.1 Å². The lowest BCUT2D eigenvalue weighted by atomic mass is 9.84. The minimum atomic E-state index is 0.350. The fourth-order valence-corrected chi connectivity index (χ4v) is 2.47. The molecule has 1 aliphatic rings. The molecule has 102 valence electrons. The van der Waals surface area contributed by atoms with Crippen molar-refractivity contribution in [2.24, 2.45) is 11.3 Å². The van der Waals surface area contributed by atoms with Gasteiger partial charge in [-0.3, -0.25) is 0 Å². The number of rotatable bonds is 7. The number of hydrogen-bond donors (Lipinski definition) is 1. The molecule has 1 saturated carbocycles. The molecule has 0 amide bonds. The number of likely N-dealkylation sites (N-methyl/N-ethyl adjacent to an activating group) is 1. The van der Waals surface area contributed by atoms with Crippen LogP contribution in [-0.4, -0.2) is 37.6 Å². The lowest BCUT2D eigenvalue weighted by Crippen LogP contribution is -2.49. The lowest BCUT2D eigenvalue weighted by molar-refractivity contribution is 0.154. The third-order valence-electron chi connectivity index (χ3n) is 3.97. The maximum atomic E-state index is 3.71. The predicted octanol–water partition coefficient (Wildman–Crippen LogP) is 3.13. The highest BCUT2D eigenvalue weighted by molar-refractivity contribution is 4.84. The van der Waals surface area contributed by atoms with Gasteiger partial charge in [-0.25, -0.2) is 0 Å². The van der Waals surface area contributed by atoms with Gasteiger partial charge in [0.15, 0.2) is 0 Å². The molecule has 0 spiro atoms. The lowest BCUT2D eigenvalue weighted by Gasteiger charge is -2.37. The summed E-state index contributed by atoms with van der Waals surface area (Å²) in [5, 5.41) is 3.71. The van der Waals surface area contributed by atoms with E-state index in [1.165, 1.54) is 38.8 Å². The highest BCUT2D eigenvalue weighted by atomic mass is 15.1. The summed E-state index contributed by atoms with van der Waals surface area (Å²) in [5.74, 6) is 0.979. The fourth-order valence-electron chi connectivity index (χ4n) is 2.47. The number of nitrogens with zero attached hydrogens (tertiary/aromatic N) is 1. The SMILES string of the molecule is CCCNC(CN(C)CC1CCC1)C(C)(C)C. The van der Waals surface area contributed by atoms with Gasteiger partial charge in [0.1, 0.15) is 0 Å². The standard InChI is InChI=1S/C15H32N2/c1-6-10-16-14(15(2,3)4)12-17(5)11-13-8-7-9-13/h13-14,16H,6-12H2,1-5H3. The van der Waals surface area contributed by atoms with Crippen LogP contribution in [-0.2, 0) is 0 Å².